The van der Waals surface area contributed by atoms with Crippen molar-refractivity contribution in [3.63, 3.8) is 0 Å². The standard InChI is InChI=1S/C10H15N3O/c14-7-6-13-8-10(11-12-13)9-4-2-1-3-5-9/h7-9H,1-6H2. The highest BCUT2D eigenvalue weighted by Gasteiger charge is 2.18. The molecule has 1 fully saturated rings. The normalized spacial score (nSPS) is 18.3. The van der Waals surface area contributed by atoms with Crippen molar-refractivity contribution in [1.29, 1.82) is 0 Å². The Morgan fingerprint density at radius 2 is 2.21 bits per heavy atom. The van der Waals surface area contributed by atoms with E-state index in [0.717, 1.165) is 12.0 Å². The fourth-order valence-electron chi connectivity index (χ4n) is 2.06. The van der Waals surface area contributed by atoms with Crippen molar-refractivity contribution in [3.05, 3.63) is 11.9 Å². The van der Waals surface area contributed by atoms with Gasteiger partial charge >= 0.3 is 0 Å². The van der Waals surface area contributed by atoms with Crippen LogP contribution in [0.3, 0.4) is 0 Å². The summed E-state index contributed by atoms with van der Waals surface area (Å²) in [4.78, 5) is 10.3. The van der Waals surface area contributed by atoms with Crippen molar-refractivity contribution >= 4 is 6.29 Å². The molecule has 0 unspecified atom stereocenters. The predicted molar refractivity (Wildman–Crippen MR) is 51.9 cm³/mol. The van der Waals surface area contributed by atoms with Gasteiger partial charge in [0.15, 0.2) is 0 Å². The summed E-state index contributed by atoms with van der Waals surface area (Å²) in [5, 5.41) is 8.03. The van der Waals surface area contributed by atoms with E-state index >= 15 is 0 Å². The Morgan fingerprint density at radius 3 is 2.93 bits per heavy atom. The van der Waals surface area contributed by atoms with Crippen LogP contribution < -0.4 is 0 Å². The molecule has 0 atom stereocenters. The molecule has 1 heterocycles. The van der Waals surface area contributed by atoms with Crippen LogP contribution in [-0.2, 0) is 11.3 Å². The van der Waals surface area contributed by atoms with Gasteiger partial charge in [-0.05, 0) is 12.8 Å². The van der Waals surface area contributed by atoms with E-state index in [1.54, 1.807) is 4.68 Å². The molecular weight excluding hydrogens is 178 g/mol. The molecule has 0 N–H and O–H groups in total. The fraction of sp³-hybridized carbons (Fsp3) is 0.700. The molecule has 0 aromatic carbocycles. The summed E-state index contributed by atoms with van der Waals surface area (Å²) in [6.07, 6.45) is 9.14. The van der Waals surface area contributed by atoms with Gasteiger partial charge in [0.2, 0.25) is 0 Å². The zero-order chi connectivity index (χ0) is 9.80. The molecule has 14 heavy (non-hydrogen) atoms. The second kappa shape index (κ2) is 4.35. The van der Waals surface area contributed by atoms with Gasteiger partial charge in [-0.3, -0.25) is 0 Å². The Kier molecular flexibility index (Phi) is 2.91. The summed E-state index contributed by atoms with van der Waals surface area (Å²) in [6, 6.07) is 0. The van der Waals surface area contributed by atoms with Gasteiger partial charge in [-0.25, -0.2) is 4.68 Å². The van der Waals surface area contributed by atoms with Crippen LogP contribution in [0.15, 0.2) is 6.20 Å². The molecule has 1 aliphatic carbocycles. The SMILES string of the molecule is O=CCn1cc(C2CCCCC2)nn1. The van der Waals surface area contributed by atoms with E-state index in [9.17, 15) is 4.79 Å². The van der Waals surface area contributed by atoms with Crippen LogP contribution in [0.5, 0.6) is 0 Å². The Morgan fingerprint density at radius 1 is 1.43 bits per heavy atom. The summed E-state index contributed by atoms with van der Waals surface area (Å²) in [7, 11) is 0. The molecule has 0 amide bonds. The number of carbonyl (C=O) groups excluding carboxylic acids is 1. The number of aldehydes is 1. The third-order valence-electron chi connectivity index (χ3n) is 2.84. The predicted octanol–water partition coefficient (Wildman–Crippen LogP) is 1.52. The van der Waals surface area contributed by atoms with Gasteiger partial charge in [0, 0.05) is 12.1 Å². The zero-order valence-electron chi connectivity index (χ0n) is 8.22. The topological polar surface area (TPSA) is 47.8 Å². The average molecular weight is 193 g/mol. The molecule has 1 aromatic rings. The third-order valence-corrected chi connectivity index (χ3v) is 2.84. The van der Waals surface area contributed by atoms with Crippen molar-refractivity contribution in [2.45, 2.75) is 44.6 Å². The summed E-state index contributed by atoms with van der Waals surface area (Å²) in [6.45, 7) is 0.319. The molecule has 1 aromatic heterocycles. The largest absolute Gasteiger partial charge is 0.301 e. The molecule has 2 rings (SSSR count). The fourth-order valence-corrected chi connectivity index (χ4v) is 2.06. The van der Waals surface area contributed by atoms with Crippen LogP contribution in [-0.4, -0.2) is 21.3 Å². The molecular formula is C10H15N3O. The van der Waals surface area contributed by atoms with E-state index in [0.29, 0.717) is 12.5 Å². The summed E-state index contributed by atoms with van der Waals surface area (Å²) in [5.41, 5.74) is 1.06. The minimum atomic E-state index is 0.319. The second-order valence-electron chi connectivity index (χ2n) is 3.87. The Balaban J connectivity index is 2.03. The van der Waals surface area contributed by atoms with Crippen molar-refractivity contribution in [1.82, 2.24) is 15.0 Å². The highest BCUT2D eigenvalue weighted by atomic mass is 16.1. The Hall–Kier alpha value is -1.19. The van der Waals surface area contributed by atoms with Gasteiger partial charge in [-0.2, -0.15) is 0 Å². The lowest BCUT2D eigenvalue weighted by Crippen LogP contribution is -2.04. The van der Waals surface area contributed by atoms with Crippen molar-refractivity contribution in [3.8, 4) is 0 Å². The molecule has 76 valence electrons. The van der Waals surface area contributed by atoms with E-state index in [1.165, 1.54) is 32.1 Å². The number of hydrogen-bond donors (Lipinski definition) is 0. The smallest absolute Gasteiger partial charge is 0.141 e. The number of nitrogens with zero attached hydrogens (tertiary/aromatic N) is 3. The average Bonchev–Trinajstić information content (AvgIpc) is 2.68. The van der Waals surface area contributed by atoms with Gasteiger partial charge in [-0.1, -0.05) is 24.5 Å². The minimum Gasteiger partial charge on any atom is -0.301 e. The first kappa shape index (κ1) is 9.37. The van der Waals surface area contributed by atoms with Crippen LogP contribution in [0.2, 0.25) is 0 Å². The molecule has 1 saturated carbocycles. The quantitative estimate of drug-likeness (QED) is 0.684. The Bertz CT molecular complexity index is 302. The van der Waals surface area contributed by atoms with Crippen LogP contribution in [0.1, 0.15) is 43.7 Å². The molecule has 0 radical (unpaired) electrons. The lowest BCUT2D eigenvalue weighted by atomic mass is 9.87. The number of carbonyl (C=O) groups is 1. The van der Waals surface area contributed by atoms with Gasteiger partial charge < -0.3 is 4.79 Å². The Labute approximate surface area is 83.3 Å². The molecule has 0 bridgehead atoms. The highest BCUT2D eigenvalue weighted by Crippen LogP contribution is 2.30. The van der Waals surface area contributed by atoms with Gasteiger partial charge in [0.25, 0.3) is 0 Å². The van der Waals surface area contributed by atoms with E-state index in [2.05, 4.69) is 10.3 Å². The molecule has 4 nitrogen and oxygen atoms in total. The maximum absolute atomic E-state index is 10.3. The minimum absolute atomic E-state index is 0.319. The number of hydrogen-bond acceptors (Lipinski definition) is 3. The number of aromatic nitrogens is 3. The summed E-state index contributed by atoms with van der Waals surface area (Å²) in [5.74, 6) is 0.573. The zero-order valence-corrected chi connectivity index (χ0v) is 8.22. The van der Waals surface area contributed by atoms with Crippen LogP contribution in [0.25, 0.3) is 0 Å². The van der Waals surface area contributed by atoms with Crippen LogP contribution in [0.4, 0.5) is 0 Å². The molecule has 0 saturated heterocycles. The first-order valence-electron chi connectivity index (χ1n) is 5.24. The highest BCUT2D eigenvalue weighted by molar-refractivity contribution is 5.48. The van der Waals surface area contributed by atoms with E-state index in [1.807, 2.05) is 6.20 Å². The molecule has 0 spiro atoms. The van der Waals surface area contributed by atoms with Crippen molar-refractivity contribution in [2.75, 3.05) is 0 Å². The molecule has 1 aliphatic rings. The number of rotatable bonds is 3. The third kappa shape index (κ3) is 2.00. The van der Waals surface area contributed by atoms with Crippen molar-refractivity contribution in [2.24, 2.45) is 0 Å². The first-order valence-corrected chi connectivity index (χ1v) is 5.24. The van der Waals surface area contributed by atoms with Gasteiger partial charge in [0.05, 0.1) is 12.2 Å². The molecule has 0 aliphatic heterocycles. The molecule has 4 heteroatoms. The van der Waals surface area contributed by atoms with Gasteiger partial charge in [0.1, 0.15) is 6.29 Å². The van der Waals surface area contributed by atoms with Gasteiger partial charge in [-0.15, -0.1) is 5.10 Å². The van der Waals surface area contributed by atoms with E-state index < -0.39 is 0 Å². The maximum atomic E-state index is 10.3. The maximum Gasteiger partial charge on any atom is 0.141 e. The monoisotopic (exact) mass is 193 g/mol. The van der Waals surface area contributed by atoms with Crippen LogP contribution in [0, 0.1) is 0 Å². The lowest BCUT2D eigenvalue weighted by molar-refractivity contribution is -0.108. The first-order chi connectivity index (χ1) is 6.90. The second-order valence-corrected chi connectivity index (χ2v) is 3.87. The van der Waals surface area contributed by atoms with Crippen molar-refractivity contribution < 1.29 is 4.79 Å². The van der Waals surface area contributed by atoms with Crippen LogP contribution >= 0.6 is 0 Å². The van der Waals surface area contributed by atoms with E-state index in [-0.39, 0.29) is 0 Å². The lowest BCUT2D eigenvalue weighted by Gasteiger charge is -2.18. The van der Waals surface area contributed by atoms with E-state index in [4.69, 9.17) is 0 Å². The summed E-state index contributed by atoms with van der Waals surface area (Å²) < 4.78 is 1.61. The summed E-state index contributed by atoms with van der Waals surface area (Å²) >= 11 is 0.